The first-order valence-corrected chi connectivity index (χ1v) is 8.99. The summed E-state index contributed by atoms with van der Waals surface area (Å²) >= 11 is 5.77. The molecule has 2 aromatic rings. The molecule has 2 aromatic carbocycles. The van der Waals surface area contributed by atoms with E-state index in [1.54, 1.807) is 13.8 Å². The van der Waals surface area contributed by atoms with Crippen molar-refractivity contribution in [3.8, 4) is 11.5 Å². The van der Waals surface area contributed by atoms with Crippen molar-refractivity contribution in [1.82, 2.24) is 5.32 Å². The van der Waals surface area contributed by atoms with E-state index in [0.717, 1.165) is 6.07 Å². The smallest absolute Gasteiger partial charge is 0.338 e. The van der Waals surface area contributed by atoms with Gasteiger partial charge in [0.05, 0.1) is 10.5 Å². The third-order valence-corrected chi connectivity index (χ3v) is 4.01. The fraction of sp³-hybridized carbons (Fsp3) is 0.211. The van der Waals surface area contributed by atoms with Crippen LogP contribution < -0.4 is 15.8 Å². The van der Waals surface area contributed by atoms with E-state index in [1.807, 2.05) is 5.32 Å². The number of nitro groups is 1. The summed E-state index contributed by atoms with van der Waals surface area (Å²) < 4.78 is 10.7. The molecule has 1 unspecified atom stereocenters. The van der Waals surface area contributed by atoms with Gasteiger partial charge in [-0.2, -0.15) is 0 Å². The Kier molecular flexibility index (Phi) is 7.32. The van der Waals surface area contributed by atoms with Crippen molar-refractivity contribution in [2.75, 3.05) is 0 Å². The Balaban J connectivity index is 2.13. The molecule has 0 spiro atoms. The van der Waals surface area contributed by atoms with E-state index >= 15 is 0 Å². The molecular weight excluding hydrogens is 418 g/mol. The Hall–Kier alpha value is -3.66. The summed E-state index contributed by atoms with van der Waals surface area (Å²) in [6.07, 6.45) is -1.22. The summed E-state index contributed by atoms with van der Waals surface area (Å²) in [5.74, 6) is -1.86. The van der Waals surface area contributed by atoms with Crippen LogP contribution in [0.25, 0.3) is 0 Å². The van der Waals surface area contributed by atoms with Crippen LogP contribution in [-0.4, -0.2) is 28.9 Å². The second-order valence-corrected chi connectivity index (χ2v) is 6.86. The fourth-order valence-corrected chi connectivity index (χ4v) is 2.54. The number of urea groups is 1. The molecule has 0 heterocycles. The monoisotopic (exact) mass is 435 g/mol. The molecule has 0 fully saturated rings. The second kappa shape index (κ2) is 9.70. The van der Waals surface area contributed by atoms with E-state index < -0.39 is 34.9 Å². The number of rotatable bonds is 7. The summed E-state index contributed by atoms with van der Waals surface area (Å²) in [5, 5.41) is 13.2. The Labute approximate surface area is 176 Å². The molecule has 1 atom stereocenters. The number of amides is 3. The quantitative estimate of drug-likeness (QED) is 0.384. The minimum Gasteiger partial charge on any atom is -0.450 e. The maximum atomic E-state index is 12.3. The number of benzene rings is 2. The normalized spacial score (nSPS) is 11.5. The van der Waals surface area contributed by atoms with Gasteiger partial charge in [0.2, 0.25) is 5.75 Å². The van der Waals surface area contributed by atoms with Crippen molar-refractivity contribution in [2.24, 2.45) is 11.7 Å². The SMILES string of the molecule is CC(C)C(OC(=O)c1ccc(Oc2ccc(Cl)cc2[N+](=O)[O-])cc1)C(=O)NC(N)=O. The lowest BCUT2D eigenvalue weighted by atomic mass is 10.1. The van der Waals surface area contributed by atoms with Gasteiger partial charge in [-0.1, -0.05) is 25.4 Å². The van der Waals surface area contributed by atoms with Crippen molar-refractivity contribution >= 4 is 35.2 Å². The molecular formula is C19H18ClN3O7. The highest BCUT2D eigenvalue weighted by molar-refractivity contribution is 6.30. The Morgan fingerprint density at radius 3 is 2.30 bits per heavy atom. The van der Waals surface area contributed by atoms with Crippen molar-refractivity contribution in [2.45, 2.75) is 20.0 Å². The highest BCUT2D eigenvalue weighted by atomic mass is 35.5. The molecule has 0 radical (unpaired) electrons. The van der Waals surface area contributed by atoms with Crippen LogP contribution in [0.4, 0.5) is 10.5 Å². The number of carbonyl (C=O) groups excluding carboxylic acids is 3. The second-order valence-electron chi connectivity index (χ2n) is 6.42. The molecule has 0 aliphatic heterocycles. The molecule has 0 aliphatic carbocycles. The number of nitro benzene ring substituents is 1. The van der Waals surface area contributed by atoms with E-state index in [2.05, 4.69) is 0 Å². The topological polar surface area (TPSA) is 151 Å². The molecule has 30 heavy (non-hydrogen) atoms. The summed E-state index contributed by atoms with van der Waals surface area (Å²) in [6.45, 7) is 3.27. The van der Waals surface area contributed by atoms with Gasteiger partial charge >= 0.3 is 17.7 Å². The number of esters is 1. The van der Waals surface area contributed by atoms with E-state index in [1.165, 1.54) is 36.4 Å². The molecule has 2 rings (SSSR count). The average molecular weight is 436 g/mol. The number of nitrogens with two attached hydrogens (primary N) is 1. The molecule has 0 aromatic heterocycles. The van der Waals surface area contributed by atoms with Gasteiger partial charge in [0.1, 0.15) is 5.75 Å². The van der Waals surface area contributed by atoms with Gasteiger partial charge in [0, 0.05) is 11.1 Å². The molecule has 3 N–H and O–H groups in total. The van der Waals surface area contributed by atoms with Crippen LogP contribution in [0.3, 0.4) is 0 Å². The van der Waals surface area contributed by atoms with Gasteiger partial charge in [0.15, 0.2) is 6.10 Å². The van der Waals surface area contributed by atoms with Crippen LogP contribution in [0.2, 0.25) is 5.02 Å². The van der Waals surface area contributed by atoms with Gasteiger partial charge in [0.25, 0.3) is 5.91 Å². The maximum absolute atomic E-state index is 12.3. The minimum absolute atomic E-state index is 0.0253. The van der Waals surface area contributed by atoms with E-state index in [9.17, 15) is 24.5 Å². The Morgan fingerprint density at radius 1 is 1.13 bits per heavy atom. The van der Waals surface area contributed by atoms with Gasteiger partial charge < -0.3 is 15.2 Å². The number of primary amides is 1. The molecule has 158 valence electrons. The largest absolute Gasteiger partial charge is 0.450 e. The lowest BCUT2D eigenvalue weighted by Crippen LogP contribution is -2.45. The van der Waals surface area contributed by atoms with Crippen molar-refractivity contribution in [3.05, 3.63) is 63.2 Å². The zero-order valence-electron chi connectivity index (χ0n) is 16.0. The zero-order chi connectivity index (χ0) is 22.4. The first kappa shape index (κ1) is 22.6. The highest BCUT2D eigenvalue weighted by Crippen LogP contribution is 2.33. The van der Waals surface area contributed by atoms with E-state index in [-0.39, 0.29) is 27.8 Å². The molecule has 3 amide bonds. The average Bonchev–Trinajstić information content (AvgIpc) is 2.66. The molecule has 10 nitrogen and oxygen atoms in total. The van der Waals surface area contributed by atoms with Gasteiger partial charge in [-0.15, -0.1) is 0 Å². The van der Waals surface area contributed by atoms with Crippen molar-refractivity contribution in [1.29, 1.82) is 0 Å². The minimum atomic E-state index is -1.22. The predicted octanol–water partition coefficient (Wildman–Crippen LogP) is 3.42. The van der Waals surface area contributed by atoms with Gasteiger partial charge in [-0.05, 0) is 42.3 Å². The predicted molar refractivity (Wildman–Crippen MR) is 106 cm³/mol. The first-order valence-electron chi connectivity index (χ1n) is 8.61. The Morgan fingerprint density at radius 2 is 1.77 bits per heavy atom. The van der Waals surface area contributed by atoms with Crippen molar-refractivity contribution in [3.63, 3.8) is 0 Å². The fourth-order valence-electron chi connectivity index (χ4n) is 2.37. The number of nitrogens with zero attached hydrogens (tertiary/aromatic N) is 1. The van der Waals surface area contributed by atoms with Crippen molar-refractivity contribution < 1.29 is 28.8 Å². The first-order chi connectivity index (χ1) is 14.1. The zero-order valence-corrected chi connectivity index (χ0v) is 16.7. The van der Waals surface area contributed by atoms with E-state index in [0.29, 0.717) is 0 Å². The standard InChI is InChI=1S/C19H18ClN3O7/c1-10(2)16(17(24)22-19(21)26)30-18(25)11-3-6-13(7-4-11)29-15-8-5-12(20)9-14(15)23(27)28/h3-10,16H,1-2H3,(H3,21,22,24,26). The third kappa shape index (κ3) is 5.92. The van der Waals surface area contributed by atoms with Crippen LogP contribution in [0.5, 0.6) is 11.5 Å². The number of hydrogen-bond acceptors (Lipinski definition) is 7. The molecule has 0 saturated carbocycles. The number of hydrogen-bond donors (Lipinski definition) is 2. The summed E-state index contributed by atoms with van der Waals surface area (Å²) in [7, 11) is 0. The van der Waals surface area contributed by atoms with Gasteiger partial charge in [-0.3, -0.25) is 20.2 Å². The summed E-state index contributed by atoms with van der Waals surface area (Å²) in [5.41, 5.74) is 4.70. The van der Waals surface area contributed by atoms with Crippen LogP contribution in [0.15, 0.2) is 42.5 Å². The maximum Gasteiger partial charge on any atom is 0.338 e. The molecule has 11 heteroatoms. The lowest BCUT2D eigenvalue weighted by Gasteiger charge is -2.19. The highest BCUT2D eigenvalue weighted by Gasteiger charge is 2.28. The Bertz CT molecular complexity index is 977. The van der Waals surface area contributed by atoms with Crippen LogP contribution >= 0.6 is 11.6 Å². The number of ether oxygens (including phenoxy) is 2. The number of nitrogens with one attached hydrogen (secondary N) is 1. The van der Waals surface area contributed by atoms with Gasteiger partial charge in [-0.25, -0.2) is 9.59 Å². The molecule has 0 saturated heterocycles. The number of imide groups is 1. The summed E-state index contributed by atoms with van der Waals surface area (Å²) in [4.78, 5) is 45.6. The third-order valence-electron chi connectivity index (χ3n) is 3.78. The van der Waals surface area contributed by atoms with E-state index in [4.69, 9.17) is 26.8 Å². The summed E-state index contributed by atoms with van der Waals surface area (Å²) in [6, 6.07) is 8.44. The van der Waals surface area contributed by atoms with Crippen LogP contribution in [-0.2, 0) is 9.53 Å². The lowest BCUT2D eigenvalue weighted by molar-refractivity contribution is -0.385. The number of halogens is 1. The van der Waals surface area contributed by atoms with Crippen LogP contribution in [0.1, 0.15) is 24.2 Å². The molecule has 0 aliphatic rings. The molecule has 0 bridgehead atoms. The van der Waals surface area contributed by atoms with Crippen LogP contribution in [0, 0.1) is 16.0 Å². The number of carbonyl (C=O) groups is 3.